The van der Waals surface area contributed by atoms with Crippen LogP contribution in [0.3, 0.4) is 0 Å². The molecule has 3 heterocycles. The van der Waals surface area contributed by atoms with Crippen LogP contribution in [0.1, 0.15) is 146 Å². The molecule has 7 rings (SSSR count). The van der Waals surface area contributed by atoms with Crippen LogP contribution in [0.4, 0.5) is 11.4 Å². The molecule has 1 fully saturated rings. The highest BCUT2D eigenvalue weighted by Gasteiger charge is 2.35. The van der Waals surface area contributed by atoms with Gasteiger partial charge in [-0.15, -0.1) is 0 Å². The zero-order valence-corrected chi connectivity index (χ0v) is 57.5. The average Bonchev–Trinajstić information content (AvgIpc) is 3.90. The van der Waals surface area contributed by atoms with E-state index in [2.05, 4.69) is 152 Å². The van der Waals surface area contributed by atoms with Gasteiger partial charge in [0.2, 0.25) is 10.0 Å². The van der Waals surface area contributed by atoms with E-state index in [1.807, 2.05) is 59.7 Å². The molecule has 0 amide bonds. The molecule has 3 aliphatic rings. The largest absolute Gasteiger partial charge is 0.324 e. The second-order valence-electron chi connectivity index (χ2n) is 26.6. The van der Waals surface area contributed by atoms with Crippen molar-refractivity contribution in [3.05, 3.63) is 131 Å². The van der Waals surface area contributed by atoms with Crippen LogP contribution in [0.15, 0.2) is 103 Å². The number of benzene rings is 4. The Morgan fingerprint density at radius 2 is 0.939 bits per heavy atom. The van der Waals surface area contributed by atoms with E-state index in [9.17, 15) is 37.9 Å². The normalized spacial score (nSPS) is 17.4. The maximum Gasteiger partial charge on any atom is 0.324 e. The molecule has 3 aliphatic heterocycles. The Morgan fingerprint density at radius 3 is 1.26 bits per heavy atom. The van der Waals surface area contributed by atoms with Crippen LogP contribution in [0.2, 0.25) is 0 Å². The van der Waals surface area contributed by atoms with Gasteiger partial charge in [0.1, 0.15) is 0 Å². The Bertz CT molecular complexity index is 3090. The van der Waals surface area contributed by atoms with Gasteiger partial charge in [0.25, 0.3) is 20.4 Å². The summed E-state index contributed by atoms with van der Waals surface area (Å²) in [4.78, 5) is 0. The Kier molecular flexibility index (Phi) is 29.5. The van der Waals surface area contributed by atoms with Crippen molar-refractivity contribution >= 4 is 67.4 Å². The molecule has 1 saturated heterocycles. The fraction of sp³-hybridized carbons (Fsp3) is 0.590. The molecule has 470 valence electrons. The Labute approximate surface area is 501 Å². The number of para-hydroxylation sites is 2. The molecule has 0 aliphatic carbocycles. The van der Waals surface area contributed by atoms with Crippen molar-refractivity contribution in [1.82, 2.24) is 21.5 Å². The lowest BCUT2D eigenvalue weighted by molar-refractivity contribution is 0.298. The summed E-state index contributed by atoms with van der Waals surface area (Å²) in [6.45, 7) is 33.7. The highest BCUT2D eigenvalue weighted by atomic mass is 32.2. The molecule has 0 saturated carbocycles. The quantitative estimate of drug-likeness (QED) is 0.183. The van der Waals surface area contributed by atoms with Gasteiger partial charge in [-0.2, -0.15) is 42.5 Å². The first-order valence-electron chi connectivity index (χ1n) is 27.0. The zero-order valence-electron chi connectivity index (χ0n) is 53.4. The fourth-order valence-electron chi connectivity index (χ4n) is 7.68. The summed E-state index contributed by atoms with van der Waals surface area (Å²) in [5.74, 6) is 5.46. The molecule has 0 radical (unpaired) electrons. The second kappa shape index (κ2) is 31.0. The molecule has 0 aromatic heterocycles. The van der Waals surface area contributed by atoms with Gasteiger partial charge in [0.05, 0.1) is 17.1 Å². The summed E-state index contributed by atoms with van der Waals surface area (Å²) in [5.41, 5.74) is 8.63. The molecular formula is C61H107N7O9S5. The van der Waals surface area contributed by atoms with Gasteiger partial charge in [-0.1, -0.05) is 202 Å². The maximum absolute atomic E-state index is 11.9. The van der Waals surface area contributed by atoms with Gasteiger partial charge in [-0.05, 0) is 88.8 Å². The monoisotopic (exact) mass is 1240 g/mol. The van der Waals surface area contributed by atoms with Gasteiger partial charge in [-0.3, -0.25) is 13.2 Å². The van der Waals surface area contributed by atoms with Crippen molar-refractivity contribution in [2.45, 2.75) is 145 Å². The van der Waals surface area contributed by atoms with Crippen molar-refractivity contribution in [3.63, 3.8) is 0 Å². The van der Waals surface area contributed by atoms with E-state index in [1.54, 1.807) is 20.2 Å². The molecule has 0 bridgehead atoms. The minimum atomic E-state index is -3.40. The van der Waals surface area contributed by atoms with Crippen LogP contribution in [0.5, 0.6) is 0 Å². The van der Waals surface area contributed by atoms with Crippen molar-refractivity contribution in [2.75, 3.05) is 90.8 Å². The van der Waals surface area contributed by atoms with Crippen molar-refractivity contribution < 1.29 is 37.9 Å². The van der Waals surface area contributed by atoms with Crippen molar-refractivity contribution in [3.8, 4) is 0 Å². The van der Waals surface area contributed by atoms with Gasteiger partial charge in [0, 0.05) is 87.5 Å². The molecule has 0 spiro atoms. The third kappa shape index (κ3) is 27.0. The summed E-state index contributed by atoms with van der Waals surface area (Å²) in [7, 11) is -2.18. The second-order valence-corrected chi connectivity index (χ2v) is 37.5. The first-order chi connectivity index (χ1) is 36.4. The third-order valence-electron chi connectivity index (χ3n) is 12.3. The number of nitrogens with zero attached hydrogens (tertiary/aromatic N) is 6. The predicted octanol–water partition coefficient (Wildman–Crippen LogP) is 11.3. The summed E-state index contributed by atoms with van der Waals surface area (Å²) < 4.78 is 112. The lowest BCUT2D eigenvalue weighted by Crippen LogP contribution is -2.41. The van der Waals surface area contributed by atoms with Crippen LogP contribution in [0, 0.1) is 10.8 Å². The number of anilines is 2. The summed E-state index contributed by atoms with van der Waals surface area (Å²) >= 11 is 0. The van der Waals surface area contributed by atoms with E-state index in [0.29, 0.717) is 53.4 Å². The minimum Gasteiger partial charge on any atom is -0.267 e. The highest BCUT2D eigenvalue weighted by Crippen LogP contribution is 2.37. The van der Waals surface area contributed by atoms with Crippen LogP contribution >= 0.6 is 0 Å². The third-order valence-corrected chi connectivity index (χ3v) is 21.0. The maximum atomic E-state index is 11.9. The molecule has 16 nitrogen and oxygen atoms in total. The van der Waals surface area contributed by atoms with Gasteiger partial charge in [-0.25, -0.2) is 12.7 Å². The standard InChI is InChI=1S/C13H18OS.C11H16N2O2S.2C10H14.C8H20N2O2S.C4H12N2O2S.C4H9NO2S.CH4/c1-13(2,3)12-6-5-10-8-15(4,14)9-11(10)7-12;1-11(2,3)8-13-10-7-5-4-6-9(10)12-16(13,14)15;2*1-10(2,3)9-7-5-4-6-8-9;1-8(2,3)7-10(6)13(11,12)9(4)5;1-5(2)9(7,8)6(3)4;1-5-3-2-4-8(5,6)7;/h5-7H,4,8-9H2,1-3H3;4-7,12H,8H2,1-3H3;2*4-8H,1-3H3;7H2,1-6H3;1-4H3;2-4H2,1H3;1H4. The van der Waals surface area contributed by atoms with Crippen LogP contribution < -0.4 is 9.03 Å². The molecule has 4 aromatic rings. The number of nitrogens with one attached hydrogen (secondary N) is 1. The minimum absolute atomic E-state index is 0. The van der Waals surface area contributed by atoms with E-state index in [4.69, 9.17) is 0 Å². The predicted molar refractivity (Wildman–Crippen MR) is 353 cm³/mol. The van der Waals surface area contributed by atoms with E-state index in [-0.39, 0.29) is 23.7 Å². The number of rotatable bonds is 6. The van der Waals surface area contributed by atoms with E-state index < -0.39 is 50.2 Å². The molecular weight excluding hydrogens is 1140 g/mol. The van der Waals surface area contributed by atoms with E-state index in [0.717, 1.165) is 20.7 Å². The first-order valence-corrected chi connectivity index (χ1v) is 34.9. The molecule has 1 unspecified atom stereocenters. The van der Waals surface area contributed by atoms with E-state index >= 15 is 0 Å². The number of fused-ring (bicyclic) bond motifs is 2. The highest BCUT2D eigenvalue weighted by molar-refractivity contribution is 7.99. The number of hydrogen-bond acceptors (Lipinski definition) is 9. The Balaban J connectivity index is 0.000000944. The van der Waals surface area contributed by atoms with Gasteiger partial charge in [0.15, 0.2) is 0 Å². The SMILES string of the molecule is C.C=S1(=O)Cc2ccc(C(C)(C)C)cc2C1.CC(C)(C)CN1c2ccccc2NS1(=O)=O.CC(C)(C)c1ccccc1.CC(C)(C)c1ccccc1.CN(C)S(=O)(=O)N(C)C.CN(C)S(=O)(=O)N(C)CC(C)(C)C.CN1CCCS1(=O)=O. The Morgan fingerprint density at radius 1 is 0.537 bits per heavy atom. The number of hydrogen-bond donors (Lipinski definition) is 1. The van der Waals surface area contributed by atoms with Gasteiger partial charge < -0.3 is 0 Å². The molecule has 1 N–H and O–H groups in total. The Hall–Kier alpha value is -3.90. The molecule has 4 aromatic carbocycles. The van der Waals surface area contributed by atoms with Gasteiger partial charge >= 0.3 is 10.2 Å². The fourth-order valence-corrected chi connectivity index (χ4v) is 14.0. The molecule has 21 heteroatoms. The lowest BCUT2D eigenvalue weighted by atomic mass is 9.85. The zero-order chi connectivity index (χ0) is 63.2. The topological polar surface area (TPSA) is 185 Å². The van der Waals surface area contributed by atoms with Crippen molar-refractivity contribution in [1.29, 1.82) is 0 Å². The summed E-state index contributed by atoms with van der Waals surface area (Å²) in [5, 5.41) is 0. The van der Waals surface area contributed by atoms with Crippen LogP contribution in [-0.4, -0.2) is 147 Å². The van der Waals surface area contributed by atoms with Crippen LogP contribution in [0.25, 0.3) is 0 Å². The van der Waals surface area contributed by atoms with Crippen molar-refractivity contribution in [2.24, 2.45) is 10.8 Å². The smallest absolute Gasteiger partial charge is 0.267 e. The summed E-state index contributed by atoms with van der Waals surface area (Å²) in [6, 6.07) is 34.8. The first kappa shape index (κ1) is 78.1. The van der Waals surface area contributed by atoms with Crippen LogP contribution in [-0.2, 0) is 77.9 Å². The average molecular weight is 1240 g/mol. The molecule has 1 atom stereocenters. The summed E-state index contributed by atoms with van der Waals surface area (Å²) in [6.07, 6.45) is 0.791. The van der Waals surface area contributed by atoms with E-state index in [1.165, 1.54) is 87.3 Å². The molecule has 82 heavy (non-hydrogen) atoms. The lowest BCUT2D eigenvalue weighted by Gasteiger charge is -2.28. The number of sulfonamides is 1.